The van der Waals surface area contributed by atoms with Gasteiger partial charge in [0.05, 0.1) is 62.4 Å². The lowest BCUT2D eigenvalue weighted by molar-refractivity contribution is -0.139. The van der Waals surface area contributed by atoms with E-state index < -0.39 is 29.8 Å². The lowest BCUT2D eigenvalue weighted by atomic mass is 9.95. The van der Waals surface area contributed by atoms with Gasteiger partial charge in [0.15, 0.2) is 23.0 Å². The number of allylic oxidation sites excluding steroid dienone is 7. The number of fused-ring (bicyclic) bond motifs is 4. The number of hydrogen-bond acceptors (Lipinski definition) is 15. The van der Waals surface area contributed by atoms with Crippen molar-refractivity contribution >= 4 is 87.5 Å². The molecular formula is C73H82N10O10. The molecule has 20 heteroatoms. The number of anilines is 2. The van der Waals surface area contributed by atoms with E-state index in [-0.39, 0.29) is 61.0 Å². The third-order valence-electron chi connectivity index (χ3n) is 18.0. The summed E-state index contributed by atoms with van der Waals surface area (Å²) in [7, 11) is 5.31. The molecule has 484 valence electrons. The number of piperazine rings is 1. The first-order chi connectivity index (χ1) is 45.0. The highest BCUT2D eigenvalue weighted by Gasteiger charge is 2.40. The van der Waals surface area contributed by atoms with Crippen molar-refractivity contribution in [3.8, 4) is 23.0 Å². The molecule has 2 fully saturated rings. The van der Waals surface area contributed by atoms with Crippen molar-refractivity contribution in [3.63, 3.8) is 0 Å². The van der Waals surface area contributed by atoms with Crippen LogP contribution in [0.3, 0.4) is 0 Å². The fourth-order valence-electron chi connectivity index (χ4n) is 12.5. The Labute approximate surface area is 543 Å². The van der Waals surface area contributed by atoms with Gasteiger partial charge in [-0.1, -0.05) is 93.6 Å². The number of nitrogens with zero attached hydrogens (tertiary/aromatic N) is 7. The molecule has 0 spiro atoms. The molecule has 0 saturated carbocycles. The number of carbonyl (C=O) groups is 6. The molecular weight excluding hydrogens is 1180 g/mol. The fourth-order valence-corrected chi connectivity index (χ4v) is 12.5. The number of hydrogen-bond donors (Lipinski definition) is 3. The van der Waals surface area contributed by atoms with Crippen LogP contribution in [-0.4, -0.2) is 159 Å². The number of likely N-dealkylation sites (tertiary alicyclic amines) is 1. The van der Waals surface area contributed by atoms with Gasteiger partial charge in [-0.05, 0) is 97.0 Å². The van der Waals surface area contributed by atoms with Gasteiger partial charge in [0, 0.05) is 124 Å². The highest BCUT2D eigenvalue weighted by Crippen LogP contribution is 2.45. The van der Waals surface area contributed by atoms with E-state index in [0.29, 0.717) is 97.4 Å². The number of amides is 6. The first kappa shape index (κ1) is 64.7. The van der Waals surface area contributed by atoms with Crippen LogP contribution < -0.4 is 39.8 Å². The van der Waals surface area contributed by atoms with Crippen molar-refractivity contribution in [2.75, 3.05) is 77.4 Å². The van der Waals surface area contributed by atoms with Crippen molar-refractivity contribution in [2.24, 2.45) is 21.8 Å². The lowest BCUT2D eigenvalue weighted by Gasteiger charge is -2.34. The normalized spacial score (nSPS) is 21.3. The SMILES string of the molecule is C=C1c2cc(OC)c(OCCCOc3cc4c(cc3OC)C(=O)N3C=C(c5ccc(N6CCN(C)CC6)cc5)C[C@H]3C=N4)cc2N=C[C@@H]2CC(c3ccc(NC(=O)[C@H](C)NC(=O)C(NC(=O)CCCCCN4C(=O)CC(C5=C/C=C\C=C/C=C\5)C4=O)C(C)C)cc3)=CN12. The lowest BCUT2D eigenvalue weighted by Crippen LogP contribution is -2.53. The van der Waals surface area contributed by atoms with Crippen LogP contribution in [0.5, 0.6) is 23.0 Å². The molecule has 6 aliphatic heterocycles. The summed E-state index contributed by atoms with van der Waals surface area (Å²) < 4.78 is 24.1. The van der Waals surface area contributed by atoms with E-state index in [0.717, 1.165) is 65.3 Å². The number of nitrogens with one attached hydrogen (secondary N) is 3. The van der Waals surface area contributed by atoms with Gasteiger partial charge in [-0.3, -0.25) is 43.7 Å². The summed E-state index contributed by atoms with van der Waals surface area (Å²) in [5.41, 5.74) is 9.95. The minimum atomic E-state index is -0.909. The van der Waals surface area contributed by atoms with Crippen LogP contribution in [0.15, 0.2) is 150 Å². The maximum Gasteiger partial charge on any atom is 0.260 e. The molecule has 0 aromatic heterocycles. The van der Waals surface area contributed by atoms with Crippen LogP contribution in [-0.2, 0) is 24.0 Å². The zero-order chi connectivity index (χ0) is 65.3. The monoisotopic (exact) mass is 1260 g/mol. The number of unbranched alkanes of at least 4 members (excludes halogenated alkanes) is 2. The van der Waals surface area contributed by atoms with Crippen molar-refractivity contribution in [1.82, 2.24) is 30.2 Å². The first-order valence-corrected chi connectivity index (χ1v) is 32.1. The number of benzene rings is 4. The summed E-state index contributed by atoms with van der Waals surface area (Å²) in [6.45, 7) is 14.7. The summed E-state index contributed by atoms with van der Waals surface area (Å²) >= 11 is 0. The van der Waals surface area contributed by atoms with Gasteiger partial charge in [-0.2, -0.15) is 0 Å². The molecule has 7 aliphatic rings. The van der Waals surface area contributed by atoms with Crippen LogP contribution in [0.1, 0.15) is 99.2 Å². The quantitative estimate of drug-likeness (QED) is 0.0440. The molecule has 2 saturated heterocycles. The Morgan fingerprint density at radius 3 is 1.91 bits per heavy atom. The summed E-state index contributed by atoms with van der Waals surface area (Å²) in [6.07, 6.45) is 24.7. The third-order valence-corrected chi connectivity index (χ3v) is 18.0. The fraction of sp³-hybridized carbons (Fsp3) is 0.370. The Bertz CT molecular complexity index is 3800. The van der Waals surface area contributed by atoms with Gasteiger partial charge in [0.1, 0.15) is 12.1 Å². The summed E-state index contributed by atoms with van der Waals surface area (Å²) in [6, 6.07) is 21.3. The van der Waals surface area contributed by atoms with E-state index in [1.54, 1.807) is 38.2 Å². The minimum Gasteiger partial charge on any atom is -0.493 e. The summed E-state index contributed by atoms with van der Waals surface area (Å²) in [5, 5.41) is 8.51. The molecule has 2 unspecified atom stereocenters. The van der Waals surface area contributed by atoms with Crippen molar-refractivity contribution in [1.29, 1.82) is 0 Å². The number of imide groups is 1. The molecule has 1 aliphatic carbocycles. The zero-order valence-electron chi connectivity index (χ0n) is 53.8. The van der Waals surface area contributed by atoms with Crippen molar-refractivity contribution in [3.05, 3.63) is 162 Å². The maximum absolute atomic E-state index is 14.1. The standard InChI is InChI=1S/C73H82N10O10/c1-46(2)69(78-67(84)19-14-11-15-28-81-68(85)39-59(72(81)88)51-17-12-9-8-10-13-18-51)71(87)76-47(3)70(86)77-54-24-20-49(21-25-54)52-35-56-42-74-61-40-65(63(90-6)37-58(61)48(4)82(56)44-52)92-33-16-34-93-66-41-62-60(38-64(66)91-7)73(89)83-45-53(36-57(83)43-75-62)50-22-26-55(27-23-50)80-31-29-79(5)30-32-80/h8-10,12-13,17-18,20-27,37-38,40-47,56-57,59,69H,4,11,14-16,19,28-36,39H2,1-3,5-7H3,(H,76,87)(H,77,86)(H,78,84)/b9-8-,10-8?,12-9?,13-10-,17-12-,18-13?,51-17?,51-18+/t47-,56-,57-,59?,69?/m0/s1. The number of likely N-dealkylation sites (N-methyl/N-ethyl adjacent to an activating group) is 1. The summed E-state index contributed by atoms with van der Waals surface area (Å²) in [4.78, 5) is 99.6. The smallest absolute Gasteiger partial charge is 0.260 e. The molecule has 93 heavy (non-hydrogen) atoms. The number of ether oxygens (including phenoxy) is 4. The van der Waals surface area contributed by atoms with Crippen LogP contribution >= 0.6 is 0 Å². The van der Waals surface area contributed by atoms with Crippen LogP contribution in [0.25, 0.3) is 16.8 Å². The van der Waals surface area contributed by atoms with Gasteiger partial charge in [0.25, 0.3) is 5.91 Å². The van der Waals surface area contributed by atoms with E-state index in [9.17, 15) is 28.8 Å². The molecule has 6 heterocycles. The second-order valence-corrected chi connectivity index (χ2v) is 24.7. The topological polar surface area (TPSA) is 216 Å². The van der Waals surface area contributed by atoms with E-state index in [4.69, 9.17) is 28.9 Å². The molecule has 5 atom stereocenters. The van der Waals surface area contributed by atoms with Gasteiger partial charge >= 0.3 is 0 Å². The van der Waals surface area contributed by atoms with E-state index in [1.165, 1.54) is 10.6 Å². The average molecular weight is 1260 g/mol. The van der Waals surface area contributed by atoms with Crippen LogP contribution in [0.2, 0.25) is 0 Å². The van der Waals surface area contributed by atoms with E-state index in [1.807, 2.05) is 111 Å². The third kappa shape index (κ3) is 14.9. The number of aliphatic imine (C=N–C) groups is 2. The van der Waals surface area contributed by atoms with Crippen molar-refractivity contribution < 1.29 is 47.7 Å². The van der Waals surface area contributed by atoms with Gasteiger partial charge in [-0.15, -0.1) is 0 Å². The maximum atomic E-state index is 14.1. The summed E-state index contributed by atoms with van der Waals surface area (Å²) in [5.74, 6) is -0.533. The van der Waals surface area contributed by atoms with E-state index >= 15 is 0 Å². The predicted octanol–water partition coefficient (Wildman–Crippen LogP) is 10.2. The molecule has 6 amide bonds. The number of carbonyl (C=O) groups excluding carboxylic acids is 6. The molecule has 4 aromatic carbocycles. The molecule has 3 N–H and O–H groups in total. The van der Waals surface area contributed by atoms with Crippen molar-refractivity contribution in [2.45, 2.75) is 96.3 Å². The molecule has 11 rings (SSSR count). The Hall–Kier alpha value is -9.82. The minimum absolute atomic E-state index is 0.111. The Morgan fingerprint density at radius 2 is 1.26 bits per heavy atom. The van der Waals surface area contributed by atoms with Crippen LogP contribution in [0, 0.1) is 11.8 Å². The number of methoxy groups -OCH3 is 2. The van der Waals surface area contributed by atoms with Gasteiger partial charge in [0.2, 0.25) is 29.5 Å². The molecule has 0 radical (unpaired) electrons. The van der Waals surface area contributed by atoms with E-state index in [2.05, 4.69) is 74.7 Å². The predicted molar refractivity (Wildman–Crippen MR) is 362 cm³/mol. The molecule has 0 bridgehead atoms. The Morgan fingerprint density at radius 1 is 0.656 bits per heavy atom. The molecule has 4 aromatic rings. The number of rotatable bonds is 24. The second-order valence-electron chi connectivity index (χ2n) is 24.7. The zero-order valence-corrected chi connectivity index (χ0v) is 53.8. The highest BCUT2D eigenvalue weighted by atomic mass is 16.5. The van der Waals surface area contributed by atoms with Crippen LogP contribution in [0.4, 0.5) is 22.7 Å². The average Bonchev–Trinajstić information content (AvgIpc) is 1.68. The second kappa shape index (κ2) is 29.2. The Kier molecular flexibility index (Phi) is 20.3. The molecule has 20 nitrogen and oxygen atoms in total. The first-order valence-electron chi connectivity index (χ1n) is 32.1. The Balaban J connectivity index is 0.618. The largest absolute Gasteiger partial charge is 0.493 e. The highest BCUT2D eigenvalue weighted by molar-refractivity contribution is 6.06. The van der Waals surface area contributed by atoms with Gasteiger partial charge in [-0.25, -0.2) is 0 Å². The van der Waals surface area contributed by atoms with Gasteiger partial charge < -0.3 is 54.5 Å².